The molecule has 1 fully saturated rings. The number of hydrogen-bond donors (Lipinski definition) is 1. The molecule has 1 saturated heterocycles. The van der Waals surface area contributed by atoms with Crippen LogP contribution in [0.4, 0.5) is 0 Å². The highest BCUT2D eigenvalue weighted by molar-refractivity contribution is 5.46. The van der Waals surface area contributed by atoms with Crippen LogP contribution in [0.15, 0.2) is 16.8 Å². The Hall–Kier alpha value is -1.69. The van der Waals surface area contributed by atoms with Crippen molar-refractivity contribution in [3.8, 4) is 11.6 Å². The molecule has 0 spiro atoms. The molecule has 18 heavy (non-hydrogen) atoms. The topological polar surface area (TPSA) is 68.8 Å². The second-order valence-corrected chi connectivity index (χ2v) is 4.49. The zero-order valence-electron chi connectivity index (χ0n) is 10.5. The van der Waals surface area contributed by atoms with Gasteiger partial charge in [0.2, 0.25) is 0 Å². The van der Waals surface area contributed by atoms with Crippen LogP contribution < -0.4 is 5.32 Å². The number of aromatic nitrogens is 4. The standard InChI is InChI=1S/C12H17N5O/c1-2-17-10(6-8-14-17)12-15-11(16-18-12)9-5-3-4-7-13-9/h6,8-9,13H,2-5,7H2,1H3/t9-/m1/s1. The molecule has 2 aromatic heterocycles. The summed E-state index contributed by atoms with van der Waals surface area (Å²) >= 11 is 0. The van der Waals surface area contributed by atoms with Crippen LogP contribution in [0.25, 0.3) is 11.6 Å². The lowest BCUT2D eigenvalue weighted by molar-refractivity contribution is 0.366. The van der Waals surface area contributed by atoms with Crippen molar-refractivity contribution in [2.75, 3.05) is 6.54 Å². The molecule has 3 rings (SSSR count). The number of rotatable bonds is 3. The van der Waals surface area contributed by atoms with E-state index >= 15 is 0 Å². The quantitative estimate of drug-likeness (QED) is 0.895. The summed E-state index contributed by atoms with van der Waals surface area (Å²) in [4.78, 5) is 4.48. The molecule has 1 aliphatic rings. The molecule has 1 aliphatic heterocycles. The highest BCUT2D eigenvalue weighted by atomic mass is 16.5. The fourth-order valence-electron chi connectivity index (χ4n) is 2.32. The summed E-state index contributed by atoms with van der Waals surface area (Å²) in [5.41, 5.74) is 0.882. The van der Waals surface area contributed by atoms with E-state index in [9.17, 15) is 0 Å². The average molecular weight is 247 g/mol. The molecule has 0 amide bonds. The van der Waals surface area contributed by atoms with Crippen LogP contribution in [0.3, 0.4) is 0 Å². The highest BCUT2D eigenvalue weighted by Crippen LogP contribution is 2.23. The molecule has 1 N–H and O–H groups in total. The van der Waals surface area contributed by atoms with Gasteiger partial charge in [-0.2, -0.15) is 10.1 Å². The minimum absolute atomic E-state index is 0.231. The maximum Gasteiger partial charge on any atom is 0.276 e. The Bertz CT molecular complexity index is 512. The van der Waals surface area contributed by atoms with Crippen molar-refractivity contribution < 1.29 is 4.52 Å². The summed E-state index contributed by atoms with van der Waals surface area (Å²) in [6, 6.07) is 2.13. The van der Waals surface area contributed by atoms with Crippen LogP contribution in [-0.4, -0.2) is 26.5 Å². The Balaban J connectivity index is 1.84. The third-order valence-corrected chi connectivity index (χ3v) is 3.30. The van der Waals surface area contributed by atoms with Gasteiger partial charge >= 0.3 is 0 Å². The summed E-state index contributed by atoms with van der Waals surface area (Å²) in [5.74, 6) is 1.31. The molecule has 96 valence electrons. The van der Waals surface area contributed by atoms with Crippen LogP contribution in [0.1, 0.15) is 38.1 Å². The van der Waals surface area contributed by atoms with Gasteiger partial charge in [0.1, 0.15) is 5.69 Å². The van der Waals surface area contributed by atoms with Gasteiger partial charge in [-0.1, -0.05) is 11.6 Å². The first-order valence-electron chi connectivity index (χ1n) is 6.47. The summed E-state index contributed by atoms with van der Waals surface area (Å²) < 4.78 is 7.20. The molecule has 6 nitrogen and oxygen atoms in total. The van der Waals surface area contributed by atoms with Crippen LogP contribution in [0, 0.1) is 0 Å². The Morgan fingerprint density at radius 1 is 1.50 bits per heavy atom. The van der Waals surface area contributed by atoms with Crippen molar-refractivity contribution in [1.82, 2.24) is 25.2 Å². The second-order valence-electron chi connectivity index (χ2n) is 4.49. The normalized spacial score (nSPS) is 20.2. The monoisotopic (exact) mass is 247 g/mol. The molecular formula is C12H17N5O. The van der Waals surface area contributed by atoms with Crippen molar-refractivity contribution in [2.45, 2.75) is 38.8 Å². The molecule has 6 heteroatoms. The fourth-order valence-corrected chi connectivity index (χ4v) is 2.32. The van der Waals surface area contributed by atoms with Crippen molar-refractivity contribution in [3.05, 3.63) is 18.1 Å². The van der Waals surface area contributed by atoms with E-state index in [-0.39, 0.29) is 6.04 Å². The number of nitrogens with zero attached hydrogens (tertiary/aromatic N) is 4. The van der Waals surface area contributed by atoms with E-state index in [4.69, 9.17) is 4.52 Å². The summed E-state index contributed by atoms with van der Waals surface area (Å²) in [6.45, 7) is 3.86. The second kappa shape index (κ2) is 4.89. The molecule has 0 saturated carbocycles. The van der Waals surface area contributed by atoms with E-state index in [0.717, 1.165) is 31.0 Å². The maximum atomic E-state index is 5.34. The van der Waals surface area contributed by atoms with Crippen molar-refractivity contribution in [1.29, 1.82) is 0 Å². The molecule has 2 aromatic rings. The van der Waals surface area contributed by atoms with Crippen LogP contribution in [-0.2, 0) is 6.54 Å². The van der Waals surface area contributed by atoms with Gasteiger partial charge < -0.3 is 9.84 Å². The van der Waals surface area contributed by atoms with Crippen molar-refractivity contribution in [3.63, 3.8) is 0 Å². The van der Waals surface area contributed by atoms with E-state index in [1.54, 1.807) is 6.20 Å². The van der Waals surface area contributed by atoms with Gasteiger partial charge in [0.25, 0.3) is 5.89 Å². The van der Waals surface area contributed by atoms with E-state index in [0.29, 0.717) is 5.89 Å². The van der Waals surface area contributed by atoms with Crippen molar-refractivity contribution >= 4 is 0 Å². The lowest BCUT2D eigenvalue weighted by atomic mass is 10.0. The first-order valence-corrected chi connectivity index (χ1v) is 6.47. The minimum Gasteiger partial charge on any atom is -0.332 e. The Morgan fingerprint density at radius 2 is 2.44 bits per heavy atom. The summed E-state index contributed by atoms with van der Waals surface area (Å²) in [7, 11) is 0. The van der Waals surface area contributed by atoms with Crippen molar-refractivity contribution in [2.24, 2.45) is 0 Å². The van der Waals surface area contributed by atoms with Gasteiger partial charge in [-0.25, -0.2) is 0 Å². The number of aryl methyl sites for hydroxylation is 1. The summed E-state index contributed by atoms with van der Waals surface area (Å²) in [6.07, 6.45) is 5.27. The van der Waals surface area contributed by atoms with Gasteiger partial charge in [0.15, 0.2) is 5.82 Å². The number of piperidine rings is 1. The zero-order chi connectivity index (χ0) is 12.4. The van der Waals surface area contributed by atoms with Gasteiger partial charge in [0.05, 0.1) is 6.04 Å². The third kappa shape index (κ3) is 2.03. The Labute approximate surface area is 105 Å². The molecule has 0 aromatic carbocycles. The largest absolute Gasteiger partial charge is 0.332 e. The number of nitrogens with one attached hydrogen (secondary N) is 1. The average Bonchev–Trinajstić information content (AvgIpc) is 3.08. The smallest absolute Gasteiger partial charge is 0.276 e. The molecule has 0 unspecified atom stereocenters. The first-order chi connectivity index (χ1) is 8.88. The fraction of sp³-hybridized carbons (Fsp3) is 0.583. The molecule has 3 heterocycles. The van der Waals surface area contributed by atoms with Crippen LogP contribution in [0.5, 0.6) is 0 Å². The highest BCUT2D eigenvalue weighted by Gasteiger charge is 2.21. The lowest BCUT2D eigenvalue weighted by Gasteiger charge is -2.19. The molecule has 0 bridgehead atoms. The Kier molecular flexibility index (Phi) is 3.10. The van der Waals surface area contributed by atoms with Crippen LogP contribution >= 0.6 is 0 Å². The Morgan fingerprint density at radius 3 is 3.22 bits per heavy atom. The first kappa shape index (κ1) is 11.4. The lowest BCUT2D eigenvalue weighted by Crippen LogP contribution is -2.27. The minimum atomic E-state index is 0.231. The maximum absolute atomic E-state index is 5.34. The molecule has 1 atom stereocenters. The van der Waals surface area contributed by atoms with E-state index < -0.39 is 0 Å². The predicted octanol–water partition coefficient (Wildman–Crippen LogP) is 1.77. The predicted molar refractivity (Wildman–Crippen MR) is 65.8 cm³/mol. The van der Waals surface area contributed by atoms with E-state index in [2.05, 4.69) is 20.6 Å². The van der Waals surface area contributed by atoms with Gasteiger partial charge in [-0.3, -0.25) is 4.68 Å². The molecule has 0 radical (unpaired) electrons. The van der Waals surface area contributed by atoms with E-state index in [1.807, 2.05) is 17.7 Å². The van der Waals surface area contributed by atoms with Crippen LogP contribution in [0.2, 0.25) is 0 Å². The van der Waals surface area contributed by atoms with E-state index in [1.165, 1.54) is 12.8 Å². The molecular weight excluding hydrogens is 230 g/mol. The van der Waals surface area contributed by atoms with Gasteiger partial charge in [0, 0.05) is 12.7 Å². The zero-order valence-corrected chi connectivity index (χ0v) is 10.5. The summed E-state index contributed by atoms with van der Waals surface area (Å²) in [5, 5.41) is 11.7. The molecule has 0 aliphatic carbocycles. The third-order valence-electron chi connectivity index (χ3n) is 3.30. The number of hydrogen-bond acceptors (Lipinski definition) is 5. The van der Waals surface area contributed by atoms with Gasteiger partial charge in [-0.05, 0) is 32.4 Å². The SMILES string of the molecule is CCn1nccc1-c1nc([C@H]2CCCCN2)no1. The van der Waals surface area contributed by atoms with Gasteiger partial charge in [-0.15, -0.1) is 0 Å².